The molecule has 6 nitrogen and oxygen atoms in total. The van der Waals surface area contributed by atoms with Gasteiger partial charge in [-0.2, -0.15) is 0 Å². The second-order valence-corrected chi connectivity index (χ2v) is 10.9. The van der Waals surface area contributed by atoms with Crippen LogP contribution in [0.2, 0.25) is 0 Å². The van der Waals surface area contributed by atoms with E-state index in [9.17, 15) is 31.5 Å². The molecular formula is C31H26F5N3O3S. The van der Waals surface area contributed by atoms with Crippen molar-refractivity contribution in [2.45, 2.75) is 38.0 Å². The van der Waals surface area contributed by atoms with Crippen LogP contribution in [0.5, 0.6) is 5.75 Å². The number of likely N-dealkylation sites (tertiary alicyclic amines) is 1. The van der Waals surface area contributed by atoms with Gasteiger partial charge >= 0.3 is 6.36 Å². The highest BCUT2D eigenvalue weighted by atomic mass is 32.1. The molecule has 224 valence electrons. The molecule has 0 bridgehead atoms. The van der Waals surface area contributed by atoms with E-state index in [1.54, 1.807) is 34.5 Å². The number of alkyl halides is 3. The number of para-hydroxylation sites is 1. The van der Waals surface area contributed by atoms with Crippen molar-refractivity contribution >= 4 is 28.8 Å². The number of amides is 2. The number of thiazole rings is 1. The van der Waals surface area contributed by atoms with Gasteiger partial charge in [0, 0.05) is 42.1 Å². The summed E-state index contributed by atoms with van der Waals surface area (Å²) in [6, 6.07) is 15.9. The Kier molecular flexibility index (Phi) is 9.05. The lowest BCUT2D eigenvalue weighted by atomic mass is 9.97. The molecule has 1 aromatic heterocycles. The average molecular weight is 616 g/mol. The van der Waals surface area contributed by atoms with Gasteiger partial charge in [-0.25, -0.2) is 13.8 Å². The molecule has 0 aliphatic carbocycles. The molecule has 3 aromatic carbocycles. The lowest BCUT2D eigenvalue weighted by Crippen LogP contribution is -2.38. The Morgan fingerprint density at radius 2 is 1.70 bits per heavy atom. The van der Waals surface area contributed by atoms with Crippen LogP contribution < -0.4 is 10.1 Å². The minimum absolute atomic E-state index is 0.0522. The second-order valence-electron chi connectivity index (χ2n) is 10.0. The summed E-state index contributed by atoms with van der Waals surface area (Å²) < 4.78 is 68.0. The highest BCUT2D eigenvalue weighted by molar-refractivity contribution is 7.10. The van der Waals surface area contributed by atoms with Crippen molar-refractivity contribution in [1.82, 2.24) is 9.88 Å². The minimum atomic E-state index is -4.79. The third kappa shape index (κ3) is 7.75. The standard InChI is InChI=1S/C31H26F5N3O3S/c32-24-11-5-19(17-25(24)33)6-12-28(40)39-15-13-21(14-16-39)30-38-27(18-43-30)29(41)37-26-4-2-1-3-23(26)20-7-9-22(10-8-20)42-31(34,35)36/h1-5,7-11,17-18,21H,6,12-16H2,(H,37,41). The van der Waals surface area contributed by atoms with E-state index < -0.39 is 23.9 Å². The van der Waals surface area contributed by atoms with E-state index in [4.69, 9.17) is 0 Å². The normalized spacial score (nSPS) is 14.0. The number of hydrogen-bond acceptors (Lipinski definition) is 5. The number of carbonyl (C=O) groups is 2. The SMILES string of the molecule is O=C(Nc1ccccc1-c1ccc(OC(F)(F)F)cc1)c1csc(C2CCN(C(=O)CCc3ccc(F)c(F)c3)CC2)n1. The third-order valence-electron chi connectivity index (χ3n) is 7.14. The molecule has 2 heterocycles. The number of piperidine rings is 1. The smallest absolute Gasteiger partial charge is 0.406 e. The number of rotatable bonds is 8. The van der Waals surface area contributed by atoms with Crippen LogP contribution in [0.4, 0.5) is 27.6 Å². The first-order valence-electron chi connectivity index (χ1n) is 13.5. The molecule has 43 heavy (non-hydrogen) atoms. The molecule has 0 atom stereocenters. The number of nitrogens with zero attached hydrogens (tertiary/aromatic N) is 2. The van der Waals surface area contributed by atoms with Crippen molar-refractivity contribution in [3.63, 3.8) is 0 Å². The molecule has 0 radical (unpaired) electrons. The van der Waals surface area contributed by atoms with Gasteiger partial charge in [0.1, 0.15) is 11.4 Å². The molecule has 1 fully saturated rings. The monoisotopic (exact) mass is 615 g/mol. The summed E-state index contributed by atoms with van der Waals surface area (Å²) >= 11 is 1.37. The number of halogens is 5. The molecule has 1 N–H and O–H groups in total. The molecule has 0 saturated carbocycles. The van der Waals surface area contributed by atoms with Crippen LogP contribution in [0.1, 0.15) is 46.2 Å². The summed E-state index contributed by atoms with van der Waals surface area (Å²) in [5.74, 6) is -2.58. The van der Waals surface area contributed by atoms with E-state index in [0.29, 0.717) is 54.7 Å². The van der Waals surface area contributed by atoms with Crippen molar-refractivity contribution in [2.75, 3.05) is 18.4 Å². The van der Waals surface area contributed by atoms with Crippen molar-refractivity contribution in [3.8, 4) is 16.9 Å². The predicted octanol–water partition coefficient (Wildman–Crippen LogP) is 7.58. The zero-order valence-corrected chi connectivity index (χ0v) is 23.5. The Balaban J connectivity index is 1.16. The second kappa shape index (κ2) is 12.9. The fraction of sp³-hybridized carbons (Fsp3) is 0.258. The third-order valence-corrected chi connectivity index (χ3v) is 8.14. The van der Waals surface area contributed by atoms with Crippen molar-refractivity contribution in [1.29, 1.82) is 0 Å². The Hall–Kier alpha value is -4.32. The van der Waals surface area contributed by atoms with Gasteiger partial charge in [-0.05, 0) is 60.7 Å². The maximum Gasteiger partial charge on any atom is 0.573 e. The fourth-order valence-electron chi connectivity index (χ4n) is 4.93. The first-order chi connectivity index (χ1) is 20.6. The molecule has 1 aliphatic heterocycles. The van der Waals surface area contributed by atoms with E-state index in [1.165, 1.54) is 41.7 Å². The summed E-state index contributed by atoms with van der Waals surface area (Å²) in [4.78, 5) is 32.1. The molecular weight excluding hydrogens is 589 g/mol. The number of aromatic nitrogens is 1. The quantitative estimate of drug-likeness (QED) is 0.208. The number of benzene rings is 3. The summed E-state index contributed by atoms with van der Waals surface area (Å²) in [5, 5.41) is 5.32. The lowest BCUT2D eigenvalue weighted by molar-refractivity contribution is -0.274. The largest absolute Gasteiger partial charge is 0.573 e. The van der Waals surface area contributed by atoms with E-state index in [2.05, 4.69) is 15.0 Å². The first kappa shape index (κ1) is 30.1. The van der Waals surface area contributed by atoms with Crippen LogP contribution in [-0.2, 0) is 11.2 Å². The minimum Gasteiger partial charge on any atom is -0.406 e. The molecule has 2 amide bonds. The number of ether oxygens (including phenoxy) is 1. The summed E-state index contributed by atoms with van der Waals surface area (Å²) in [6.45, 7) is 1.06. The summed E-state index contributed by atoms with van der Waals surface area (Å²) in [5.41, 5.74) is 2.49. The summed E-state index contributed by atoms with van der Waals surface area (Å²) in [6.07, 6.45) is -2.90. The molecule has 4 aromatic rings. The Bertz CT molecular complexity index is 1600. The number of anilines is 1. The van der Waals surface area contributed by atoms with Gasteiger partial charge < -0.3 is 15.0 Å². The highest BCUT2D eigenvalue weighted by Crippen LogP contribution is 2.33. The Morgan fingerprint density at radius 1 is 0.977 bits per heavy atom. The molecule has 1 aliphatic rings. The topological polar surface area (TPSA) is 71.5 Å². The lowest BCUT2D eigenvalue weighted by Gasteiger charge is -2.31. The van der Waals surface area contributed by atoms with Gasteiger partial charge in [0.25, 0.3) is 5.91 Å². The van der Waals surface area contributed by atoms with E-state index in [-0.39, 0.29) is 29.7 Å². The van der Waals surface area contributed by atoms with Gasteiger partial charge in [-0.15, -0.1) is 24.5 Å². The van der Waals surface area contributed by atoms with Gasteiger partial charge in [0.2, 0.25) is 5.91 Å². The summed E-state index contributed by atoms with van der Waals surface area (Å²) in [7, 11) is 0. The van der Waals surface area contributed by atoms with Gasteiger partial charge in [0.15, 0.2) is 11.6 Å². The Labute approximate surface area is 248 Å². The molecule has 0 unspecified atom stereocenters. The fourth-order valence-corrected chi connectivity index (χ4v) is 5.90. The van der Waals surface area contributed by atoms with Gasteiger partial charge in [-0.1, -0.05) is 36.4 Å². The van der Waals surface area contributed by atoms with Crippen LogP contribution in [-0.4, -0.2) is 41.2 Å². The predicted molar refractivity (Wildman–Crippen MR) is 152 cm³/mol. The zero-order valence-electron chi connectivity index (χ0n) is 22.7. The molecule has 1 saturated heterocycles. The number of aryl methyl sites for hydroxylation is 1. The van der Waals surface area contributed by atoms with Crippen LogP contribution >= 0.6 is 11.3 Å². The van der Waals surface area contributed by atoms with E-state index >= 15 is 0 Å². The number of nitrogens with one attached hydrogen (secondary N) is 1. The van der Waals surface area contributed by atoms with E-state index in [1.807, 2.05) is 0 Å². The maximum absolute atomic E-state index is 13.4. The van der Waals surface area contributed by atoms with E-state index in [0.717, 1.165) is 17.1 Å². The van der Waals surface area contributed by atoms with Crippen LogP contribution in [0.25, 0.3) is 11.1 Å². The van der Waals surface area contributed by atoms with Crippen LogP contribution in [0.15, 0.2) is 72.1 Å². The van der Waals surface area contributed by atoms with Crippen molar-refractivity contribution < 1.29 is 36.3 Å². The number of carbonyl (C=O) groups excluding carboxylic acids is 2. The molecule has 12 heteroatoms. The van der Waals surface area contributed by atoms with Crippen LogP contribution in [0, 0.1) is 11.6 Å². The number of hydrogen-bond donors (Lipinski definition) is 1. The zero-order chi connectivity index (χ0) is 30.6. The average Bonchev–Trinajstić information content (AvgIpc) is 3.48. The van der Waals surface area contributed by atoms with Crippen LogP contribution in [0.3, 0.4) is 0 Å². The molecule has 0 spiro atoms. The highest BCUT2D eigenvalue weighted by Gasteiger charge is 2.31. The van der Waals surface area contributed by atoms with Gasteiger partial charge in [0.05, 0.1) is 5.01 Å². The Morgan fingerprint density at radius 3 is 2.40 bits per heavy atom. The maximum atomic E-state index is 13.4. The first-order valence-corrected chi connectivity index (χ1v) is 14.4. The molecule has 5 rings (SSSR count). The van der Waals surface area contributed by atoms with Crippen molar-refractivity contribution in [3.05, 3.63) is 100 Å². The van der Waals surface area contributed by atoms with Crippen molar-refractivity contribution in [2.24, 2.45) is 0 Å². The van der Waals surface area contributed by atoms with Gasteiger partial charge in [-0.3, -0.25) is 9.59 Å².